The van der Waals surface area contributed by atoms with Gasteiger partial charge in [0.1, 0.15) is 5.75 Å². The lowest BCUT2D eigenvalue weighted by Crippen LogP contribution is -2.32. The maximum Gasteiger partial charge on any atom is 0.257 e. The lowest BCUT2D eigenvalue weighted by atomic mass is 10.1. The summed E-state index contributed by atoms with van der Waals surface area (Å²) in [6.45, 7) is 0.816. The Balaban J connectivity index is 2.24. The Bertz CT molecular complexity index is 322. The average Bonchev–Trinajstić information content (AvgIpc) is 2.13. The molecule has 1 aliphatic heterocycles. The number of carbonyl (C=O) groups is 1. The van der Waals surface area contributed by atoms with Crippen LogP contribution < -0.4 is 10.1 Å². The van der Waals surface area contributed by atoms with Crippen molar-refractivity contribution in [1.29, 1.82) is 0 Å². The first-order valence-corrected chi connectivity index (χ1v) is 4.33. The van der Waals surface area contributed by atoms with Gasteiger partial charge in [0, 0.05) is 6.54 Å². The number of hydrogen-bond donors (Lipinski definition) is 1. The molecule has 0 aromatic heterocycles. The fraction of sp³-hybridized carbons (Fsp3) is 0.300. The highest BCUT2D eigenvalue weighted by Gasteiger charge is 2.09. The SMILES string of the molecule is O=C1COc2ccccc2CCN1. The number of para-hydroxylation sites is 1. The molecule has 0 aliphatic carbocycles. The number of amides is 1. The molecule has 0 saturated heterocycles. The Labute approximate surface area is 76.7 Å². The summed E-state index contributed by atoms with van der Waals surface area (Å²) in [4.78, 5) is 11.0. The van der Waals surface area contributed by atoms with Crippen LogP contribution in [0, 0.1) is 0 Å². The summed E-state index contributed by atoms with van der Waals surface area (Å²) < 4.78 is 5.33. The van der Waals surface area contributed by atoms with E-state index in [1.807, 2.05) is 24.3 Å². The fourth-order valence-corrected chi connectivity index (χ4v) is 1.38. The molecule has 1 N–H and O–H groups in total. The van der Waals surface area contributed by atoms with Crippen LogP contribution in [0.25, 0.3) is 0 Å². The maximum atomic E-state index is 11.0. The third-order valence-corrected chi connectivity index (χ3v) is 2.05. The molecule has 3 heteroatoms. The summed E-state index contributed by atoms with van der Waals surface area (Å²) in [5.74, 6) is 0.784. The monoisotopic (exact) mass is 177 g/mol. The van der Waals surface area contributed by atoms with E-state index < -0.39 is 0 Å². The summed E-state index contributed by atoms with van der Waals surface area (Å²) in [6.07, 6.45) is 0.835. The van der Waals surface area contributed by atoms with Gasteiger partial charge in [0.2, 0.25) is 0 Å². The van der Waals surface area contributed by atoms with E-state index in [1.165, 1.54) is 0 Å². The molecule has 0 unspecified atom stereocenters. The standard InChI is InChI=1S/C10H11NO2/c12-10-7-13-9-4-2-1-3-8(9)5-6-11-10/h1-4H,5-7H2,(H,11,12). The number of benzene rings is 1. The third kappa shape index (κ3) is 1.80. The van der Waals surface area contributed by atoms with Gasteiger partial charge in [-0.25, -0.2) is 0 Å². The van der Waals surface area contributed by atoms with Gasteiger partial charge >= 0.3 is 0 Å². The molecule has 0 saturated carbocycles. The van der Waals surface area contributed by atoms with E-state index in [0.717, 1.165) is 17.7 Å². The highest BCUT2D eigenvalue weighted by Crippen LogP contribution is 2.18. The molecule has 0 spiro atoms. The van der Waals surface area contributed by atoms with E-state index in [1.54, 1.807) is 0 Å². The number of fused-ring (bicyclic) bond motifs is 1. The molecule has 0 bridgehead atoms. The van der Waals surface area contributed by atoms with Crippen LogP contribution in [0.2, 0.25) is 0 Å². The molecule has 1 amide bonds. The van der Waals surface area contributed by atoms with Crippen LogP contribution in [0.15, 0.2) is 24.3 Å². The predicted molar refractivity (Wildman–Crippen MR) is 48.7 cm³/mol. The van der Waals surface area contributed by atoms with Gasteiger partial charge in [-0.1, -0.05) is 18.2 Å². The van der Waals surface area contributed by atoms with Crippen molar-refractivity contribution in [2.45, 2.75) is 6.42 Å². The highest BCUT2D eigenvalue weighted by molar-refractivity contribution is 5.77. The molecular weight excluding hydrogens is 166 g/mol. The van der Waals surface area contributed by atoms with E-state index in [0.29, 0.717) is 6.54 Å². The molecule has 1 aliphatic rings. The summed E-state index contributed by atoms with van der Waals surface area (Å²) in [5, 5.41) is 2.76. The van der Waals surface area contributed by atoms with Crippen LogP contribution >= 0.6 is 0 Å². The zero-order chi connectivity index (χ0) is 9.10. The Hall–Kier alpha value is -1.51. The van der Waals surface area contributed by atoms with Gasteiger partial charge in [-0.15, -0.1) is 0 Å². The molecule has 1 aromatic rings. The Kier molecular flexibility index (Phi) is 2.17. The predicted octanol–water partition coefficient (Wildman–Crippen LogP) is 0.738. The number of carbonyl (C=O) groups excluding carboxylic acids is 1. The van der Waals surface area contributed by atoms with Crippen LogP contribution in [0.3, 0.4) is 0 Å². The topological polar surface area (TPSA) is 38.3 Å². The maximum absolute atomic E-state index is 11.0. The minimum absolute atomic E-state index is 0.0468. The van der Waals surface area contributed by atoms with Gasteiger partial charge in [0.15, 0.2) is 6.61 Å². The van der Waals surface area contributed by atoms with Gasteiger partial charge in [-0.2, -0.15) is 0 Å². The fourth-order valence-electron chi connectivity index (χ4n) is 1.38. The normalized spacial score (nSPS) is 16.2. The molecule has 3 nitrogen and oxygen atoms in total. The van der Waals surface area contributed by atoms with Crippen LogP contribution in [0.5, 0.6) is 5.75 Å². The van der Waals surface area contributed by atoms with E-state index >= 15 is 0 Å². The first-order chi connectivity index (χ1) is 6.36. The molecule has 0 radical (unpaired) electrons. The van der Waals surface area contributed by atoms with Crippen LogP contribution in [-0.4, -0.2) is 19.1 Å². The second-order valence-electron chi connectivity index (χ2n) is 3.00. The zero-order valence-electron chi connectivity index (χ0n) is 7.25. The van der Waals surface area contributed by atoms with Gasteiger partial charge in [0.25, 0.3) is 5.91 Å². The van der Waals surface area contributed by atoms with Crippen LogP contribution in [0.4, 0.5) is 0 Å². The van der Waals surface area contributed by atoms with Gasteiger partial charge < -0.3 is 10.1 Å². The summed E-state index contributed by atoms with van der Waals surface area (Å²) in [7, 11) is 0. The largest absolute Gasteiger partial charge is 0.483 e. The smallest absolute Gasteiger partial charge is 0.257 e. The van der Waals surface area contributed by atoms with Crippen molar-refractivity contribution in [3.63, 3.8) is 0 Å². The Morgan fingerprint density at radius 2 is 2.15 bits per heavy atom. The second-order valence-corrected chi connectivity index (χ2v) is 3.00. The van der Waals surface area contributed by atoms with E-state index in [-0.39, 0.29) is 12.5 Å². The Morgan fingerprint density at radius 3 is 3.08 bits per heavy atom. The molecule has 0 fully saturated rings. The quantitative estimate of drug-likeness (QED) is 0.634. The number of hydrogen-bond acceptors (Lipinski definition) is 2. The van der Waals surface area contributed by atoms with E-state index in [4.69, 9.17) is 4.74 Å². The lowest BCUT2D eigenvalue weighted by molar-refractivity contribution is -0.123. The van der Waals surface area contributed by atoms with Crippen molar-refractivity contribution >= 4 is 5.91 Å². The summed E-state index contributed by atoms with van der Waals surface area (Å²) in [5.41, 5.74) is 1.16. The van der Waals surface area contributed by atoms with Crippen LogP contribution in [-0.2, 0) is 11.2 Å². The lowest BCUT2D eigenvalue weighted by Gasteiger charge is -2.15. The molecule has 13 heavy (non-hydrogen) atoms. The van der Waals surface area contributed by atoms with E-state index in [9.17, 15) is 4.79 Å². The summed E-state index contributed by atoms with van der Waals surface area (Å²) >= 11 is 0. The van der Waals surface area contributed by atoms with Crippen molar-refractivity contribution in [2.75, 3.05) is 13.2 Å². The van der Waals surface area contributed by atoms with Gasteiger partial charge in [-0.3, -0.25) is 4.79 Å². The summed E-state index contributed by atoms with van der Waals surface area (Å²) in [6, 6.07) is 7.81. The van der Waals surface area contributed by atoms with Crippen molar-refractivity contribution in [3.05, 3.63) is 29.8 Å². The highest BCUT2D eigenvalue weighted by atomic mass is 16.5. The minimum Gasteiger partial charge on any atom is -0.483 e. The average molecular weight is 177 g/mol. The third-order valence-electron chi connectivity index (χ3n) is 2.05. The second kappa shape index (κ2) is 3.47. The van der Waals surface area contributed by atoms with Crippen molar-refractivity contribution in [2.24, 2.45) is 0 Å². The molecule has 1 heterocycles. The van der Waals surface area contributed by atoms with Crippen molar-refractivity contribution in [1.82, 2.24) is 5.32 Å². The van der Waals surface area contributed by atoms with Crippen molar-refractivity contribution < 1.29 is 9.53 Å². The van der Waals surface area contributed by atoms with Gasteiger partial charge in [0.05, 0.1) is 0 Å². The molecule has 0 atom stereocenters. The number of ether oxygens (including phenoxy) is 1. The van der Waals surface area contributed by atoms with Crippen molar-refractivity contribution in [3.8, 4) is 5.75 Å². The van der Waals surface area contributed by atoms with Crippen LogP contribution in [0.1, 0.15) is 5.56 Å². The minimum atomic E-state index is -0.0468. The molecule has 1 aromatic carbocycles. The number of nitrogens with one attached hydrogen (secondary N) is 1. The Morgan fingerprint density at radius 1 is 1.31 bits per heavy atom. The molecule has 68 valence electrons. The first-order valence-electron chi connectivity index (χ1n) is 4.33. The number of rotatable bonds is 0. The molecule has 2 rings (SSSR count). The molecular formula is C10H11NO2. The van der Waals surface area contributed by atoms with Gasteiger partial charge in [-0.05, 0) is 18.1 Å². The first kappa shape index (κ1) is 8.10. The van der Waals surface area contributed by atoms with E-state index in [2.05, 4.69) is 5.32 Å². The zero-order valence-corrected chi connectivity index (χ0v) is 7.25.